The first kappa shape index (κ1) is 18.4. The van der Waals surface area contributed by atoms with E-state index in [1.165, 1.54) is 0 Å². The van der Waals surface area contributed by atoms with Gasteiger partial charge in [-0.1, -0.05) is 6.92 Å². The molecule has 0 bridgehead atoms. The quantitative estimate of drug-likeness (QED) is 0.608. The lowest BCUT2D eigenvalue weighted by Gasteiger charge is -2.35. The Kier molecular flexibility index (Phi) is 8.22. The third-order valence-electron chi connectivity index (χ3n) is 3.88. The Hall–Kier alpha value is -0.650. The molecule has 0 aromatic heterocycles. The van der Waals surface area contributed by atoms with E-state index in [-0.39, 0.29) is 5.91 Å². The first-order chi connectivity index (χ1) is 8.76. The summed E-state index contributed by atoms with van der Waals surface area (Å²) in [7, 11) is 5.97. The standard InChI is InChI=1S/C14H32N4O/c1-7-18(10-8-9-17(5)6)12(2)11-14(3,16-4)13(15)19/h12,16H,7-11H2,1-6H3,(H2,15,19). The van der Waals surface area contributed by atoms with Crippen LogP contribution in [0.2, 0.25) is 0 Å². The van der Waals surface area contributed by atoms with Crippen molar-refractivity contribution >= 4 is 5.91 Å². The largest absolute Gasteiger partial charge is 0.368 e. The molecular weight excluding hydrogens is 240 g/mol. The minimum Gasteiger partial charge on any atom is -0.368 e. The highest BCUT2D eigenvalue weighted by Gasteiger charge is 2.32. The number of amides is 1. The van der Waals surface area contributed by atoms with E-state index in [0.29, 0.717) is 6.04 Å². The Morgan fingerprint density at radius 1 is 1.37 bits per heavy atom. The lowest BCUT2D eigenvalue weighted by Crippen LogP contribution is -2.55. The van der Waals surface area contributed by atoms with E-state index >= 15 is 0 Å². The van der Waals surface area contributed by atoms with Crippen LogP contribution < -0.4 is 11.1 Å². The maximum atomic E-state index is 11.5. The van der Waals surface area contributed by atoms with Crippen LogP contribution in [-0.2, 0) is 4.79 Å². The van der Waals surface area contributed by atoms with Gasteiger partial charge < -0.3 is 20.9 Å². The fourth-order valence-electron chi connectivity index (χ4n) is 2.33. The van der Waals surface area contributed by atoms with Crippen LogP contribution in [0.25, 0.3) is 0 Å². The minimum absolute atomic E-state index is 0.286. The summed E-state index contributed by atoms with van der Waals surface area (Å²) in [6, 6.07) is 0.331. The number of carbonyl (C=O) groups excluding carboxylic acids is 1. The predicted octanol–water partition coefficient (Wildman–Crippen LogP) is 0.502. The van der Waals surface area contributed by atoms with Crippen molar-refractivity contribution in [2.24, 2.45) is 5.73 Å². The van der Waals surface area contributed by atoms with Crippen LogP contribution in [0.3, 0.4) is 0 Å². The second kappa shape index (κ2) is 8.51. The fraction of sp³-hybridized carbons (Fsp3) is 0.929. The molecule has 0 aliphatic carbocycles. The van der Waals surface area contributed by atoms with Gasteiger partial charge in [-0.05, 0) is 67.5 Å². The molecule has 19 heavy (non-hydrogen) atoms. The first-order valence-corrected chi connectivity index (χ1v) is 7.14. The normalized spacial score (nSPS) is 16.6. The molecule has 2 unspecified atom stereocenters. The lowest BCUT2D eigenvalue weighted by atomic mass is 9.92. The van der Waals surface area contributed by atoms with E-state index in [1.807, 2.05) is 6.92 Å². The van der Waals surface area contributed by atoms with Crippen LogP contribution in [0.15, 0.2) is 0 Å². The van der Waals surface area contributed by atoms with Gasteiger partial charge in [-0.3, -0.25) is 4.79 Å². The molecule has 0 fully saturated rings. The molecule has 0 aliphatic rings. The number of hydrogen-bond acceptors (Lipinski definition) is 4. The summed E-state index contributed by atoms with van der Waals surface area (Å²) in [5.41, 5.74) is 4.85. The highest BCUT2D eigenvalue weighted by molar-refractivity contribution is 5.84. The summed E-state index contributed by atoms with van der Waals surface area (Å²) in [5.74, 6) is -0.286. The summed E-state index contributed by atoms with van der Waals surface area (Å²) in [5, 5.41) is 3.05. The zero-order valence-corrected chi connectivity index (χ0v) is 13.5. The second-order valence-electron chi connectivity index (χ2n) is 5.78. The molecule has 5 heteroatoms. The van der Waals surface area contributed by atoms with Crippen molar-refractivity contribution in [2.45, 2.75) is 45.2 Å². The van der Waals surface area contributed by atoms with E-state index in [4.69, 9.17) is 5.73 Å². The molecule has 1 amide bonds. The number of hydrogen-bond donors (Lipinski definition) is 2. The number of likely N-dealkylation sites (N-methyl/N-ethyl adjacent to an activating group) is 1. The summed E-state index contributed by atoms with van der Waals surface area (Å²) in [4.78, 5) is 16.1. The number of rotatable bonds is 10. The molecule has 0 spiro atoms. The minimum atomic E-state index is -0.631. The Morgan fingerprint density at radius 3 is 2.32 bits per heavy atom. The summed E-state index contributed by atoms with van der Waals surface area (Å²) in [6.45, 7) is 9.33. The molecule has 0 saturated heterocycles. The third kappa shape index (κ3) is 6.36. The molecular formula is C14H32N4O. The van der Waals surface area contributed by atoms with Gasteiger partial charge in [-0.2, -0.15) is 0 Å². The summed E-state index contributed by atoms with van der Waals surface area (Å²) in [6.07, 6.45) is 1.87. The van der Waals surface area contributed by atoms with E-state index in [9.17, 15) is 4.79 Å². The summed E-state index contributed by atoms with van der Waals surface area (Å²) >= 11 is 0. The van der Waals surface area contributed by atoms with Gasteiger partial charge in [0, 0.05) is 6.04 Å². The average Bonchev–Trinajstić information content (AvgIpc) is 2.33. The fourth-order valence-corrected chi connectivity index (χ4v) is 2.33. The van der Waals surface area contributed by atoms with Crippen molar-refractivity contribution in [2.75, 3.05) is 40.8 Å². The molecule has 0 aromatic rings. The van der Waals surface area contributed by atoms with E-state index < -0.39 is 5.54 Å². The summed E-state index contributed by atoms with van der Waals surface area (Å²) < 4.78 is 0. The smallest absolute Gasteiger partial charge is 0.237 e. The first-order valence-electron chi connectivity index (χ1n) is 7.14. The van der Waals surface area contributed by atoms with Crippen LogP contribution in [0.5, 0.6) is 0 Å². The number of nitrogens with zero attached hydrogens (tertiary/aromatic N) is 2. The SMILES string of the molecule is CCN(CCCN(C)C)C(C)CC(C)(NC)C(N)=O. The Labute approximate surface area is 118 Å². The van der Waals surface area contributed by atoms with Crippen LogP contribution in [0, 0.1) is 0 Å². The number of nitrogens with one attached hydrogen (secondary N) is 1. The topological polar surface area (TPSA) is 61.6 Å². The van der Waals surface area contributed by atoms with Crippen molar-refractivity contribution in [1.82, 2.24) is 15.1 Å². The van der Waals surface area contributed by atoms with Crippen LogP contribution in [-0.4, -0.2) is 68.1 Å². The monoisotopic (exact) mass is 272 g/mol. The highest BCUT2D eigenvalue weighted by Crippen LogP contribution is 2.16. The Balaban J connectivity index is 4.41. The molecule has 0 aromatic carbocycles. The van der Waals surface area contributed by atoms with Crippen LogP contribution in [0.4, 0.5) is 0 Å². The molecule has 0 aliphatic heterocycles. The zero-order chi connectivity index (χ0) is 15.1. The highest BCUT2D eigenvalue weighted by atomic mass is 16.1. The van der Waals surface area contributed by atoms with Gasteiger partial charge in [0.05, 0.1) is 5.54 Å². The van der Waals surface area contributed by atoms with Gasteiger partial charge in [0.2, 0.25) is 5.91 Å². The van der Waals surface area contributed by atoms with Gasteiger partial charge in [-0.25, -0.2) is 0 Å². The van der Waals surface area contributed by atoms with Gasteiger partial charge in [0.1, 0.15) is 0 Å². The Morgan fingerprint density at radius 2 is 1.95 bits per heavy atom. The van der Waals surface area contributed by atoms with Crippen LogP contribution >= 0.6 is 0 Å². The van der Waals surface area contributed by atoms with Crippen LogP contribution in [0.1, 0.15) is 33.6 Å². The predicted molar refractivity (Wildman–Crippen MR) is 81.2 cm³/mol. The van der Waals surface area contributed by atoms with Crippen molar-refractivity contribution in [3.63, 3.8) is 0 Å². The second-order valence-corrected chi connectivity index (χ2v) is 5.78. The molecule has 0 rings (SSSR count). The van der Waals surface area contributed by atoms with Gasteiger partial charge >= 0.3 is 0 Å². The maximum Gasteiger partial charge on any atom is 0.237 e. The third-order valence-corrected chi connectivity index (χ3v) is 3.88. The molecule has 0 heterocycles. The van der Waals surface area contributed by atoms with Gasteiger partial charge in [0.25, 0.3) is 0 Å². The molecule has 0 radical (unpaired) electrons. The van der Waals surface area contributed by atoms with Crippen molar-refractivity contribution in [3.05, 3.63) is 0 Å². The number of primary amides is 1. The average molecular weight is 272 g/mol. The lowest BCUT2D eigenvalue weighted by molar-refractivity contribution is -0.124. The van der Waals surface area contributed by atoms with E-state index in [2.05, 4.69) is 43.1 Å². The van der Waals surface area contributed by atoms with E-state index in [1.54, 1.807) is 7.05 Å². The molecule has 114 valence electrons. The molecule has 2 atom stereocenters. The van der Waals surface area contributed by atoms with Crippen molar-refractivity contribution in [1.29, 1.82) is 0 Å². The van der Waals surface area contributed by atoms with Gasteiger partial charge in [0.15, 0.2) is 0 Å². The van der Waals surface area contributed by atoms with Crippen molar-refractivity contribution < 1.29 is 4.79 Å². The Bertz CT molecular complexity index is 270. The van der Waals surface area contributed by atoms with Gasteiger partial charge in [-0.15, -0.1) is 0 Å². The van der Waals surface area contributed by atoms with E-state index in [0.717, 1.165) is 32.5 Å². The molecule has 5 nitrogen and oxygen atoms in total. The number of nitrogens with two attached hydrogens (primary N) is 1. The molecule has 3 N–H and O–H groups in total. The van der Waals surface area contributed by atoms with Crippen molar-refractivity contribution in [3.8, 4) is 0 Å². The maximum absolute atomic E-state index is 11.5. The molecule has 0 saturated carbocycles. The zero-order valence-electron chi connectivity index (χ0n) is 13.5. The number of carbonyl (C=O) groups is 1.